The normalized spacial score (nSPS) is 17.3. The van der Waals surface area contributed by atoms with Gasteiger partial charge in [0.2, 0.25) is 11.8 Å². The zero-order chi connectivity index (χ0) is 20.0. The molecular formula is C20H28FN3O3. The Balaban J connectivity index is 2.13. The van der Waals surface area contributed by atoms with Crippen molar-refractivity contribution in [2.45, 2.75) is 32.9 Å². The van der Waals surface area contributed by atoms with Crippen LogP contribution in [-0.2, 0) is 16.1 Å². The molecule has 2 amide bonds. The number of piperazine rings is 1. The average Bonchev–Trinajstić information content (AvgIpc) is 2.63. The van der Waals surface area contributed by atoms with Gasteiger partial charge in [0, 0.05) is 44.4 Å². The number of halogens is 1. The molecule has 0 aromatic heterocycles. The highest BCUT2D eigenvalue weighted by molar-refractivity contribution is 5.89. The van der Waals surface area contributed by atoms with Crippen molar-refractivity contribution in [3.05, 3.63) is 41.7 Å². The summed E-state index contributed by atoms with van der Waals surface area (Å²) in [6.07, 6.45) is 0.0602. The van der Waals surface area contributed by atoms with E-state index in [9.17, 15) is 14.0 Å². The van der Waals surface area contributed by atoms with Gasteiger partial charge < -0.3 is 15.0 Å². The van der Waals surface area contributed by atoms with Gasteiger partial charge in [-0.3, -0.25) is 14.5 Å². The van der Waals surface area contributed by atoms with Crippen LogP contribution in [0.4, 0.5) is 4.39 Å². The fourth-order valence-corrected chi connectivity index (χ4v) is 3.17. The number of ether oxygens (including phenoxy) is 1. The van der Waals surface area contributed by atoms with Gasteiger partial charge in [-0.1, -0.05) is 18.2 Å². The van der Waals surface area contributed by atoms with E-state index in [1.54, 1.807) is 17.0 Å². The lowest BCUT2D eigenvalue weighted by Crippen LogP contribution is -2.56. The molecule has 7 heteroatoms. The summed E-state index contributed by atoms with van der Waals surface area (Å²) >= 11 is 0. The lowest BCUT2D eigenvalue weighted by atomic mass is 10.1. The molecule has 1 saturated heterocycles. The summed E-state index contributed by atoms with van der Waals surface area (Å²) in [5.74, 6) is -0.252. The van der Waals surface area contributed by atoms with Crippen molar-refractivity contribution in [1.29, 1.82) is 0 Å². The molecule has 6 nitrogen and oxygen atoms in total. The second kappa shape index (κ2) is 9.50. The second-order valence-corrected chi connectivity index (χ2v) is 6.80. The molecule has 0 spiro atoms. The van der Waals surface area contributed by atoms with Crippen molar-refractivity contribution in [3.8, 4) is 5.75 Å². The predicted octanol–water partition coefficient (Wildman–Crippen LogP) is 1.95. The number of benzene rings is 1. The number of nitrogens with zero attached hydrogens (tertiary/aromatic N) is 2. The molecule has 1 aliphatic heterocycles. The Kier molecular flexibility index (Phi) is 7.36. The molecule has 0 saturated carbocycles. The van der Waals surface area contributed by atoms with Gasteiger partial charge in [0.15, 0.2) is 0 Å². The lowest BCUT2D eigenvalue weighted by molar-refractivity contribution is -0.138. The van der Waals surface area contributed by atoms with Crippen molar-refractivity contribution in [2.24, 2.45) is 0 Å². The Morgan fingerprint density at radius 1 is 1.48 bits per heavy atom. The maximum absolute atomic E-state index is 14.3. The summed E-state index contributed by atoms with van der Waals surface area (Å²) < 4.78 is 19.3. The standard InChI is InChI=1S/C20H28FN3O3/c1-5-23(12-14(2)3)19(25)11-18-20(26)22-8-9-24(18)13-15-6-7-16(27-4)10-17(15)21/h6-7,10,18H,2,5,8-9,11-13H2,1,3-4H3,(H,22,26)/t18-/m0/s1. The van der Waals surface area contributed by atoms with Crippen LogP contribution in [0, 0.1) is 5.82 Å². The van der Waals surface area contributed by atoms with Gasteiger partial charge in [-0.2, -0.15) is 0 Å². The van der Waals surface area contributed by atoms with E-state index >= 15 is 0 Å². The van der Waals surface area contributed by atoms with Crippen LogP contribution in [0.25, 0.3) is 0 Å². The molecule has 1 aromatic carbocycles. The third-order valence-electron chi connectivity index (χ3n) is 4.64. The molecule has 1 aromatic rings. The van der Waals surface area contributed by atoms with Crippen LogP contribution < -0.4 is 10.1 Å². The Morgan fingerprint density at radius 2 is 2.22 bits per heavy atom. The van der Waals surface area contributed by atoms with E-state index in [4.69, 9.17) is 4.74 Å². The largest absolute Gasteiger partial charge is 0.497 e. The van der Waals surface area contributed by atoms with Crippen molar-refractivity contribution >= 4 is 11.8 Å². The van der Waals surface area contributed by atoms with Crippen LogP contribution in [0.5, 0.6) is 5.75 Å². The number of nitrogens with one attached hydrogen (secondary N) is 1. The quantitative estimate of drug-likeness (QED) is 0.704. The maximum atomic E-state index is 14.3. The molecule has 0 bridgehead atoms. The number of rotatable bonds is 8. The smallest absolute Gasteiger partial charge is 0.237 e. The first-order chi connectivity index (χ1) is 12.8. The van der Waals surface area contributed by atoms with Crippen molar-refractivity contribution in [3.63, 3.8) is 0 Å². The number of hydrogen-bond acceptors (Lipinski definition) is 4. The van der Waals surface area contributed by atoms with Gasteiger partial charge in [0.05, 0.1) is 19.6 Å². The third-order valence-corrected chi connectivity index (χ3v) is 4.64. The lowest BCUT2D eigenvalue weighted by Gasteiger charge is -2.35. The zero-order valence-electron chi connectivity index (χ0n) is 16.3. The van der Waals surface area contributed by atoms with Crippen molar-refractivity contribution < 1.29 is 18.7 Å². The molecule has 1 heterocycles. The van der Waals surface area contributed by atoms with Gasteiger partial charge in [-0.15, -0.1) is 0 Å². The van der Waals surface area contributed by atoms with Gasteiger partial charge in [-0.25, -0.2) is 4.39 Å². The molecule has 0 aliphatic carbocycles. The number of methoxy groups -OCH3 is 1. The number of hydrogen-bond donors (Lipinski definition) is 1. The van der Waals surface area contributed by atoms with Gasteiger partial charge in [0.25, 0.3) is 0 Å². The highest BCUT2D eigenvalue weighted by Crippen LogP contribution is 2.20. The Bertz CT molecular complexity index is 708. The van der Waals surface area contributed by atoms with Crippen LogP contribution in [0.1, 0.15) is 25.8 Å². The van der Waals surface area contributed by atoms with E-state index < -0.39 is 6.04 Å². The molecule has 1 N–H and O–H groups in total. The Morgan fingerprint density at radius 3 is 2.81 bits per heavy atom. The van der Waals surface area contributed by atoms with E-state index in [0.29, 0.717) is 37.5 Å². The number of carbonyl (C=O) groups excluding carboxylic acids is 2. The Hall–Kier alpha value is -2.41. The molecular weight excluding hydrogens is 349 g/mol. The van der Waals surface area contributed by atoms with Crippen LogP contribution in [0.15, 0.2) is 30.4 Å². The summed E-state index contributed by atoms with van der Waals surface area (Å²) in [4.78, 5) is 28.6. The third kappa shape index (κ3) is 5.53. The Labute approximate surface area is 160 Å². The number of amides is 2. The van der Waals surface area contributed by atoms with Gasteiger partial charge in [0.1, 0.15) is 11.6 Å². The number of carbonyl (C=O) groups is 2. The molecule has 1 atom stereocenters. The first kappa shape index (κ1) is 20.9. The number of likely N-dealkylation sites (N-methyl/N-ethyl adjacent to an activating group) is 1. The predicted molar refractivity (Wildman–Crippen MR) is 102 cm³/mol. The SMILES string of the molecule is C=C(C)CN(CC)C(=O)C[C@H]1C(=O)NCCN1Cc1ccc(OC)cc1F. The fraction of sp³-hybridized carbons (Fsp3) is 0.500. The highest BCUT2D eigenvalue weighted by atomic mass is 19.1. The zero-order valence-corrected chi connectivity index (χ0v) is 16.3. The molecule has 1 fully saturated rings. The molecule has 148 valence electrons. The van der Waals surface area contributed by atoms with Gasteiger partial charge in [-0.05, 0) is 19.9 Å². The van der Waals surface area contributed by atoms with Crippen LogP contribution in [0.3, 0.4) is 0 Å². The summed E-state index contributed by atoms with van der Waals surface area (Å²) in [7, 11) is 1.48. The van der Waals surface area contributed by atoms with Crippen LogP contribution >= 0.6 is 0 Å². The molecule has 0 radical (unpaired) electrons. The minimum atomic E-state index is -0.619. The van der Waals surface area contributed by atoms with Crippen LogP contribution in [-0.4, -0.2) is 60.9 Å². The first-order valence-corrected chi connectivity index (χ1v) is 9.12. The molecule has 1 aliphatic rings. The van der Waals surface area contributed by atoms with E-state index in [1.807, 2.05) is 18.7 Å². The van der Waals surface area contributed by atoms with E-state index in [0.717, 1.165) is 5.57 Å². The topological polar surface area (TPSA) is 61.9 Å². The molecule has 0 unspecified atom stereocenters. The molecule has 2 rings (SSSR count). The van der Waals surface area contributed by atoms with Crippen LogP contribution in [0.2, 0.25) is 0 Å². The van der Waals surface area contributed by atoms with E-state index in [1.165, 1.54) is 13.2 Å². The van der Waals surface area contributed by atoms with E-state index in [2.05, 4.69) is 11.9 Å². The summed E-state index contributed by atoms with van der Waals surface area (Å²) in [6.45, 7) is 9.91. The summed E-state index contributed by atoms with van der Waals surface area (Å²) in [5, 5.41) is 2.80. The second-order valence-electron chi connectivity index (χ2n) is 6.80. The maximum Gasteiger partial charge on any atom is 0.237 e. The minimum absolute atomic E-state index is 0.0602. The highest BCUT2D eigenvalue weighted by Gasteiger charge is 2.33. The first-order valence-electron chi connectivity index (χ1n) is 9.12. The van der Waals surface area contributed by atoms with E-state index in [-0.39, 0.29) is 30.6 Å². The minimum Gasteiger partial charge on any atom is -0.497 e. The summed E-state index contributed by atoms with van der Waals surface area (Å²) in [5.41, 5.74) is 1.35. The average molecular weight is 377 g/mol. The monoisotopic (exact) mass is 377 g/mol. The van der Waals surface area contributed by atoms with Crippen molar-refractivity contribution in [2.75, 3.05) is 33.3 Å². The molecule has 27 heavy (non-hydrogen) atoms. The fourth-order valence-electron chi connectivity index (χ4n) is 3.17. The van der Waals surface area contributed by atoms with Gasteiger partial charge >= 0.3 is 0 Å². The van der Waals surface area contributed by atoms with Crippen molar-refractivity contribution in [1.82, 2.24) is 15.1 Å². The summed E-state index contributed by atoms with van der Waals surface area (Å²) in [6, 6.07) is 4.05.